The fourth-order valence-electron chi connectivity index (χ4n) is 1.81. The molecule has 7 nitrogen and oxygen atoms in total. The summed E-state index contributed by atoms with van der Waals surface area (Å²) >= 11 is 0. The van der Waals surface area contributed by atoms with Crippen molar-refractivity contribution in [3.8, 4) is 5.69 Å². The Morgan fingerprint density at radius 3 is 2.59 bits per heavy atom. The number of methoxy groups -OCH3 is 1. The highest BCUT2D eigenvalue weighted by Gasteiger charge is 2.10. The molecule has 1 aromatic heterocycles. The molecule has 1 aromatic carbocycles. The summed E-state index contributed by atoms with van der Waals surface area (Å²) in [7, 11) is 1.46. The lowest BCUT2D eigenvalue weighted by molar-refractivity contribution is -0.119. The summed E-state index contributed by atoms with van der Waals surface area (Å²) in [6, 6.07) is 8.64. The van der Waals surface area contributed by atoms with Crippen molar-refractivity contribution in [3.63, 3.8) is 0 Å². The van der Waals surface area contributed by atoms with Gasteiger partial charge in [0.15, 0.2) is 5.69 Å². The number of nitrogens with one attached hydrogen (secondary N) is 1. The van der Waals surface area contributed by atoms with Crippen molar-refractivity contribution in [1.29, 1.82) is 0 Å². The molecule has 1 amide bonds. The first kappa shape index (κ1) is 15.7. The van der Waals surface area contributed by atoms with E-state index in [-0.39, 0.29) is 18.2 Å². The van der Waals surface area contributed by atoms with E-state index in [0.717, 1.165) is 5.69 Å². The number of hydrogen-bond donors (Lipinski definition) is 1. The maximum Gasteiger partial charge on any atom is 0.358 e. The van der Waals surface area contributed by atoms with Gasteiger partial charge in [-0.2, -0.15) is 5.10 Å². The van der Waals surface area contributed by atoms with E-state index in [9.17, 15) is 9.59 Å². The lowest BCUT2D eigenvalue weighted by atomic mass is 10.3. The third-order valence-corrected chi connectivity index (χ3v) is 2.76. The van der Waals surface area contributed by atoms with E-state index in [1.54, 1.807) is 48.1 Å². The lowest BCUT2D eigenvalue weighted by Crippen LogP contribution is -2.17. The number of benzene rings is 1. The zero-order chi connectivity index (χ0) is 15.9. The van der Waals surface area contributed by atoms with Crippen LogP contribution >= 0.6 is 0 Å². The Labute approximate surface area is 127 Å². The Morgan fingerprint density at radius 1 is 1.23 bits per heavy atom. The van der Waals surface area contributed by atoms with Gasteiger partial charge in [-0.15, -0.1) is 0 Å². The van der Waals surface area contributed by atoms with Crippen LogP contribution in [0, 0.1) is 0 Å². The molecule has 0 atom stereocenters. The molecule has 0 aliphatic carbocycles. The smallest absolute Gasteiger partial charge is 0.358 e. The molecule has 0 aliphatic rings. The monoisotopic (exact) mass is 303 g/mol. The zero-order valence-electron chi connectivity index (χ0n) is 12.4. The fourth-order valence-corrected chi connectivity index (χ4v) is 1.81. The molecule has 2 aromatic rings. The average Bonchev–Trinajstić information content (AvgIpc) is 2.98. The van der Waals surface area contributed by atoms with Crippen LogP contribution in [-0.4, -0.2) is 42.0 Å². The highest BCUT2D eigenvalue weighted by atomic mass is 16.5. The molecular weight excluding hydrogens is 286 g/mol. The third kappa shape index (κ3) is 3.92. The first-order valence-electron chi connectivity index (χ1n) is 6.76. The third-order valence-electron chi connectivity index (χ3n) is 2.76. The molecule has 0 spiro atoms. The average molecular weight is 303 g/mol. The van der Waals surface area contributed by atoms with Crippen LogP contribution < -0.4 is 5.32 Å². The fraction of sp³-hybridized carbons (Fsp3) is 0.267. The molecule has 116 valence electrons. The largest absolute Gasteiger partial charge is 0.461 e. The molecule has 1 heterocycles. The number of carbonyl (C=O) groups is 2. The number of anilines is 1. The van der Waals surface area contributed by atoms with Crippen molar-refractivity contribution in [1.82, 2.24) is 9.78 Å². The second-order valence-corrected chi connectivity index (χ2v) is 4.39. The first-order chi connectivity index (χ1) is 10.6. The number of nitrogens with zero attached hydrogens (tertiary/aromatic N) is 2. The molecule has 0 unspecified atom stereocenters. The first-order valence-corrected chi connectivity index (χ1v) is 6.76. The molecular formula is C15H17N3O4. The minimum atomic E-state index is -0.454. The maximum atomic E-state index is 11.6. The molecule has 0 saturated heterocycles. The van der Waals surface area contributed by atoms with Gasteiger partial charge in [-0.1, -0.05) is 0 Å². The molecule has 0 bridgehead atoms. The highest BCUT2D eigenvalue weighted by molar-refractivity contribution is 5.91. The number of aromatic nitrogens is 2. The standard InChI is InChI=1S/C15H17N3O4/c1-3-22-15(20)13-8-9-18(17-13)12-6-4-11(5-7-12)16-14(19)10-21-2/h4-9H,3,10H2,1-2H3,(H,16,19). The number of amides is 1. The Balaban J connectivity index is 2.07. The Morgan fingerprint density at radius 2 is 1.95 bits per heavy atom. The van der Waals surface area contributed by atoms with Gasteiger partial charge in [-0.05, 0) is 37.3 Å². The van der Waals surface area contributed by atoms with E-state index in [4.69, 9.17) is 9.47 Å². The van der Waals surface area contributed by atoms with Gasteiger partial charge in [-0.25, -0.2) is 9.48 Å². The molecule has 2 rings (SSSR count). The minimum absolute atomic E-state index is 0.00378. The normalized spacial score (nSPS) is 10.3. The lowest BCUT2D eigenvalue weighted by Gasteiger charge is -2.06. The summed E-state index contributed by atoms with van der Waals surface area (Å²) in [6.07, 6.45) is 1.67. The quantitative estimate of drug-likeness (QED) is 0.820. The van der Waals surface area contributed by atoms with E-state index in [1.165, 1.54) is 7.11 Å². The predicted molar refractivity (Wildman–Crippen MR) is 80.0 cm³/mol. The van der Waals surface area contributed by atoms with Crippen molar-refractivity contribution in [2.24, 2.45) is 0 Å². The van der Waals surface area contributed by atoms with Crippen LogP contribution in [0.25, 0.3) is 5.69 Å². The van der Waals surface area contributed by atoms with Gasteiger partial charge in [0.25, 0.3) is 0 Å². The van der Waals surface area contributed by atoms with Crippen molar-refractivity contribution in [3.05, 3.63) is 42.2 Å². The summed E-state index contributed by atoms with van der Waals surface area (Å²) in [6.45, 7) is 2.05. The van der Waals surface area contributed by atoms with E-state index in [2.05, 4.69) is 10.4 Å². The Bertz CT molecular complexity index is 649. The van der Waals surface area contributed by atoms with E-state index in [1.807, 2.05) is 0 Å². The highest BCUT2D eigenvalue weighted by Crippen LogP contribution is 2.13. The van der Waals surface area contributed by atoms with Crippen LogP contribution in [0.4, 0.5) is 5.69 Å². The second kappa shape index (κ2) is 7.37. The van der Waals surface area contributed by atoms with Crippen LogP contribution in [0.3, 0.4) is 0 Å². The van der Waals surface area contributed by atoms with Crippen molar-refractivity contribution < 1.29 is 19.1 Å². The Hall–Kier alpha value is -2.67. The minimum Gasteiger partial charge on any atom is -0.461 e. The van der Waals surface area contributed by atoms with Crippen LogP contribution in [0.15, 0.2) is 36.5 Å². The van der Waals surface area contributed by atoms with Crippen LogP contribution in [0.1, 0.15) is 17.4 Å². The molecule has 0 radical (unpaired) electrons. The number of rotatable bonds is 6. The number of ether oxygens (including phenoxy) is 2. The van der Waals surface area contributed by atoms with Crippen molar-refractivity contribution >= 4 is 17.6 Å². The van der Waals surface area contributed by atoms with Crippen LogP contribution in [0.5, 0.6) is 0 Å². The maximum absolute atomic E-state index is 11.6. The van der Waals surface area contributed by atoms with Crippen molar-refractivity contribution in [2.45, 2.75) is 6.92 Å². The summed E-state index contributed by atoms with van der Waals surface area (Å²) in [4.78, 5) is 23.0. The van der Waals surface area contributed by atoms with Crippen LogP contribution in [0.2, 0.25) is 0 Å². The number of carbonyl (C=O) groups excluding carboxylic acids is 2. The van der Waals surface area contributed by atoms with Gasteiger partial charge in [0.2, 0.25) is 5.91 Å². The van der Waals surface area contributed by atoms with E-state index >= 15 is 0 Å². The SMILES string of the molecule is CCOC(=O)c1ccn(-c2ccc(NC(=O)COC)cc2)n1. The van der Waals surface area contributed by atoms with E-state index < -0.39 is 5.97 Å². The van der Waals surface area contributed by atoms with Gasteiger partial charge in [0.1, 0.15) is 6.61 Å². The van der Waals surface area contributed by atoms with Gasteiger partial charge in [-0.3, -0.25) is 4.79 Å². The molecule has 0 aliphatic heterocycles. The summed E-state index contributed by atoms with van der Waals surface area (Å²) in [5, 5.41) is 6.85. The number of esters is 1. The van der Waals surface area contributed by atoms with E-state index in [0.29, 0.717) is 12.3 Å². The summed E-state index contributed by atoms with van der Waals surface area (Å²) in [5.74, 6) is -0.677. The van der Waals surface area contributed by atoms with Gasteiger partial charge in [0, 0.05) is 19.0 Å². The van der Waals surface area contributed by atoms with Crippen molar-refractivity contribution in [2.75, 3.05) is 25.6 Å². The molecule has 0 saturated carbocycles. The molecule has 7 heteroatoms. The molecule has 22 heavy (non-hydrogen) atoms. The van der Waals surface area contributed by atoms with Gasteiger partial charge in [0.05, 0.1) is 12.3 Å². The molecule has 0 fully saturated rings. The van der Waals surface area contributed by atoms with Gasteiger partial charge < -0.3 is 14.8 Å². The predicted octanol–water partition coefficient (Wildman–Crippen LogP) is 1.63. The van der Waals surface area contributed by atoms with Gasteiger partial charge >= 0.3 is 5.97 Å². The summed E-state index contributed by atoms with van der Waals surface area (Å²) < 4.78 is 11.2. The van der Waals surface area contributed by atoms with Crippen LogP contribution in [-0.2, 0) is 14.3 Å². The second-order valence-electron chi connectivity index (χ2n) is 4.39. The Kier molecular flexibility index (Phi) is 5.26. The topological polar surface area (TPSA) is 82.5 Å². The number of hydrogen-bond acceptors (Lipinski definition) is 5. The molecule has 1 N–H and O–H groups in total. The summed E-state index contributed by atoms with van der Waals surface area (Å²) in [5.41, 5.74) is 1.67. The zero-order valence-corrected chi connectivity index (χ0v) is 12.4.